The zero-order valence-corrected chi connectivity index (χ0v) is 13.5. The Balaban J connectivity index is 1.98. The van der Waals surface area contributed by atoms with E-state index >= 15 is 0 Å². The van der Waals surface area contributed by atoms with E-state index in [1.165, 1.54) is 12.1 Å². The van der Waals surface area contributed by atoms with E-state index in [4.69, 9.17) is 4.74 Å². The van der Waals surface area contributed by atoms with E-state index in [-0.39, 0.29) is 11.3 Å². The molecule has 0 aliphatic rings. The number of rotatable bonds is 5. The number of hydrogen-bond acceptors (Lipinski definition) is 5. The van der Waals surface area contributed by atoms with Crippen LogP contribution in [0.3, 0.4) is 0 Å². The second-order valence-corrected chi connectivity index (χ2v) is 5.21. The zero-order chi connectivity index (χ0) is 17.6. The normalized spacial score (nSPS) is 11.6. The standard InChI is InChI=1S/C18H16N4O3/c1-25-15-8-3-2-6-12(15)17(13-7-4-5-11-19-13)20-18(24)14-9-10-16(23)22-21-14/h2-11,17H,1H3,(H,20,24)(H,22,23)/t17-/m1/s1. The predicted octanol–water partition coefficient (Wildman–Crippen LogP) is 1.69. The van der Waals surface area contributed by atoms with Crippen molar-refractivity contribution >= 4 is 5.91 Å². The molecule has 0 fully saturated rings. The Kier molecular flexibility index (Phi) is 4.84. The van der Waals surface area contributed by atoms with Gasteiger partial charge in [0.25, 0.3) is 11.5 Å². The van der Waals surface area contributed by atoms with Gasteiger partial charge in [0, 0.05) is 17.8 Å². The van der Waals surface area contributed by atoms with Crippen molar-refractivity contribution in [1.29, 1.82) is 0 Å². The summed E-state index contributed by atoms with van der Waals surface area (Å²) in [4.78, 5) is 28.0. The summed E-state index contributed by atoms with van der Waals surface area (Å²) in [5.41, 5.74) is 1.16. The number of H-pyrrole nitrogens is 1. The van der Waals surface area contributed by atoms with Gasteiger partial charge in [-0.05, 0) is 24.3 Å². The predicted molar refractivity (Wildman–Crippen MR) is 91.4 cm³/mol. The Hall–Kier alpha value is -3.48. The monoisotopic (exact) mass is 336 g/mol. The number of aromatic amines is 1. The first kappa shape index (κ1) is 16.4. The molecule has 0 saturated heterocycles. The number of para-hydroxylation sites is 1. The van der Waals surface area contributed by atoms with Crippen molar-refractivity contribution in [3.63, 3.8) is 0 Å². The van der Waals surface area contributed by atoms with E-state index in [2.05, 4.69) is 20.5 Å². The minimum atomic E-state index is -0.529. The lowest BCUT2D eigenvalue weighted by molar-refractivity contribution is 0.0935. The van der Waals surface area contributed by atoms with Gasteiger partial charge in [0.2, 0.25) is 0 Å². The largest absolute Gasteiger partial charge is 0.496 e. The van der Waals surface area contributed by atoms with Crippen molar-refractivity contribution < 1.29 is 9.53 Å². The van der Waals surface area contributed by atoms with E-state index in [1.54, 1.807) is 19.4 Å². The topological polar surface area (TPSA) is 97.0 Å². The van der Waals surface area contributed by atoms with Crippen LogP contribution in [0.5, 0.6) is 5.75 Å². The van der Waals surface area contributed by atoms with Crippen molar-refractivity contribution in [3.05, 3.63) is 88.1 Å². The van der Waals surface area contributed by atoms with Crippen molar-refractivity contribution in [2.75, 3.05) is 7.11 Å². The van der Waals surface area contributed by atoms with Gasteiger partial charge >= 0.3 is 0 Å². The van der Waals surface area contributed by atoms with Gasteiger partial charge in [-0.3, -0.25) is 14.6 Å². The number of ether oxygens (including phenoxy) is 1. The van der Waals surface area contributed by atoms with Crippen LogP contribution in [0, 0.1) is 0 Å². The number of amides is 1. The second-order valence-electron chi connectivity index (χ2n) is 5.21. The average Bonchev–Trinajstić information content (AvgIpc) is 2.67. The SMILES string of the molecule is COc1ccccc1[C@@H](NC(=O)c1ccc(=O)[nH]n1)c1ccccn1. The quantitative estimate of drug-likeness (QED) is 0.739. The van der Waals surface area contributed by atoms with Crippen LogP contribution in [0.25, 0.3) is 0 Å². The summed E-state index contributed by atoms with van der Waals surface area (Å²) in [5.74, 6) is 0.200. The summed E-state index contributed by atoms with van der Waals surface area (Å²) in [6.07, 6.45) is 1.65. The number of carbonyl (C=O) groups is 1. The highest BCUT2D eigenvalue weighted by atomic mass is 16.5. The van der Waals surface area contributed by atoms with E-state index in [0.29, 0.717) is 11.4 Å². The molecule has 2 aromatic heterocycles. The lowest BCUT2D eigenvalue weighted by Crippen LogP contribution is -2.31. The molecule has 0 unspecified atom stereocenters. The maximum Gasteiger partial charge on any atom is 0.272 e. The molecule has 0 bridgehead atoms. The molecule has 2 heterocycles. The van der Waals surface area contributed by atoms with Crippen molar-refractivity contribution in [2.24, 2.45) is 0 Å². The minimum Gasteiger partial charge on any atom is -0.496 e. The fourth-order valence-electron chi connectivity index (χ4n) is 2.44. The number of hydrogen-bond donors (Lipinski definition) is 2. The first-order chi connectivity index (χ1) is 12.2. The van der Waals surface area contributed by atoms with E-state index < -0.39 is 11.9 Å². The number of carbonyl (C=O) groups excluding carboxylic acids is 1. The first-order valence-corrected chi connectivity index (χ1v) is 7.59. The number of methoxy groups -OCH3 is 1. The van der Waals surface area contributed by atoms with E-state index in [9.17, 15) is 9.59 Å². The number of aromatic nitrogens is 3. The lowest BCUT2D eigenvalue weighted by atomic mass is 10.0. The van der Waals surface area contributed by atoms with Gasteiger partial charge in [0.05, 0.1) is 12.8 Å². The third-order valence-electron chi connectivity index (χ3n) is 3.62. The van der Waals surface area contributed by atoms with Crippen LogP contribution in [0.2, 0.25) is 0 Å². The Morgan fingerprint density at radius 2 is 1.92 bits per heavy atom. The molecule has 1 atom stereocenters. The molecule has 1 aromatic carbocycles. The molecule has 7 heteroatoms. The van der Waals surface area contributed by atoms with Crippen LogP contribution < -0.4 is 15.6 Å². The van der Waals surface area contributed by atoms with Crippen LogP contribution in [-0.4, -0.2) is 28.2 Å². The molecule has 3 rings (SSSR count). The molecule has 3 aromatic rings. The zero-order valence-electron chi connectivity index (χ0n) is 13.5. The highest BCUT2D eigenvalue weighted by Crippen LogP contribution is 2.29. The summed E-state index contributed by atoms with van der Waals surface area (Å²) in [6.45, 7) is 0. The van der Waals surface area contributed by atoms with Crippen LogP contribution in [0.4, 0.5) is 0 Å². The highest BCUT2D eigenvalue weighted by molar-refractivity contribution is 5.92. The van der Waals surface area contributed by atoms with Crippen LogP contribution in [0.15, 0.2) is 65.6 Å². The molecule has 0 radical (unpaired) electrons. The summed E-state index contributed by atoms with van der Waals surface area (Å²) in [5, 5.41) is 8.90. The van der Waals surface area contributed by atoms with E-state index in [1.807, 2.05) is 36.4 Å². The third-order valence-corrected chi connectivity index (χ3v) is 3.62. The van der Waals surface area contributed by atoms with Crippen molar-refractivity contribution in [2.45, 2.75) is 6.04 Å². The van der Waals surface area contributed by atoms with Gasteiger partial charge in [0.1, 0.15) is 17.5 Å². The lowest BCUT2D eigenvalue weighted by Gasteiger charge is -2.20. The molecule has 0 saturated carbocycles. The van der Waals surface area contributed by atoms with Gasteiger partial charge in [-0.25, -0.2) is 5.10 Å². The second kappa shape index (κ2) is 7.39. The molecule has 2 N–H and O–H groups in total. The molecule has 25 heavy (non-hydrogen) atoms. The average molecular weight is 336 g/mol. The Morgan fingerprint density at radius 3 is 2.60 bits per heavy atom. The summed E-state index contributed by atoms with van der Waals surface area (Å²) < 4.78 is 5.41. The summed E-state index contributed by atoms with van der Waals surface area (Å²) >= 11 is 0. The molecule has 7 nitrogen and oxygen atoms in total. The molecular weight excluding hydrogens is 320 g/mol. The number of nitrogens with zero attached hydrogens (tertiary/aromatic N) is 2. The molecule has 126 valence electrons. The Morgan fingerprint density at radius 1 is 1.12 bits per heavy atom. The van der Waals surface area contributed by atoms with Crippen LogP contribution in [0.1, 0.15) is 27.8 Å². The molecule has 1 amide bonds. The van der Waals surface area contributed by atoms with Gasteiger partial charge < -0.3 is 10.1 Å². The minimum absolute atomic E-state index is 0.107. The summed E-state index contributed by atoms with van der Waals surface area (Å²) in [6, 6.07) is 14.9. The molecule has 0 aliphatic carbocycles. The number of pyridine rings is 1. The molecule has 0 aliphatic heterocycles. The van der Waals surface area contributed by atoms with Crippen LogP contribution in [-0.2, 0) is 0 Å². The highest BCUT2D eigenvalue weighted by Gasteiger charge is 2.22. The fraction of sp³-hybridized carbons (Fsp3) is 0.111. The molecule has 0 spiro atoms. The molecular formula is C18H16N4O3. The van der Waals surface area contributed by atoms with Crippen molar-refractivity contribution in [3.8, 4) is 5.75 Å². The third kappa shape index (κ3) is 3.72. The smallest absolute Gasteiger partial charge is 0.272 e. The van der Waals surface area contributed by atoms with Crippen LogP contribution >= 0.6 is 0 Å². The summed E-state index contributed by atoms with van der Waals surface area (Å²) in [7, 11) is 1.57. The Labute approximate surface area is 143 Å². The number of nitrogens with one attached hydrogen (secondary N) is 2. The Bertz CT molecular complexity index is 904. The fourth-order valence-corrected chi connectivity index (χ4v) is 2.44. The van der Waals surface area contributed by atoms with Gasteiger partial charge in [-0.15, -0.1) is 0 Å². The van der Waals surface area contributed by atoms with Crippen molar-refractivity contribution in [1.82, 2.24) is 20.5 Å². The maximum atomic E-state index is 12.5. The first-order valence-electron chi connectivity index (χ1n) is 7.59. The maximum absolute atomic E-state index is 12.5. The van der Waals surface area contributed by atoms with E-state index in [0.717, 1.165) is 5.56 Å². The number of benzene rings is 1. The van der Waals surface area contributed by atoms with Gasteiger partial charge in [-0.1, -0.05) is 24.3 Å². The van der Waals surface area contributed by atoms with Gasteiger partial charge in [-0.2, -0.15) is 5.10 Å². The van der Waals surface area contributed by atoms with Gasteiger partial charge in [0.15, 0.2) is 0 Å².